The van der Waals surface area contributed by atoms with E-state index in [0.717, 1.165) is 15.4 Å². The fourth-order valence-corrected chi connectivity index (χ4v) is 1.75. The van der Waals surface area contributed by atoms with E-state index in [1.807, 2.05) is 18.2 Å². The monoisotopic (exact) mass is 285 g/mol. The maximum Gasteiger partial charge on any atom is 0.127 e. The zero-order chi connectivity index (χ0) is 9.84. The van der Waals surface area contributed by atoms with E-state index < -0.39 is 0 Å². The van der Waals surface area contributed by atoms with Gasteiger partial charge >= 0.3 is 0 Å². The Hall–Kier alpha value is -0.890. The van der Waals surface area contributed by atoms with Crippen molar-refractivity contribution in [1.82, 2.24) is 0 Å². The smallest absolute Gasteiger partial charge is 0.127 e. The SMILES string of the molecule is CC(C=O)c1cccc(I)c1C#N. The molecule has 0 spiro atoms. The molecule has 66 valence electrons. The number of hydrogen-bond acceptors (Lipinski definition) is 2. The first-order valence-electron chi connectivity index (χ1n) is 3.84. The van der Waals surface area contributed by atoms with Gasteiger partial charge in [0.15, 0.2) is 0 Å². The number of nitriles is 1. The standard InChI is InChI=1S/C10H8INO/c1-7(6-13)8-3-2-4-10(11)9(8)5-12/h2-4,6-7H,1H3. The normalized spacial score (nSPS) is 11.8. The van der Waals surface area contributed by atoms with Crippen molar-refractivity contribution in [3.05, 3.63) is 32.9 Å². The molecule has 0 fully saturated rings. The Kier molecular flexibility index (Phi) is 3.43. The fraction of sp³-hybridized carbons (Fsp3) is 0.200. The van der Waals surface area contributed by atoms with Gasteiger partial charge in [-0.05, 0) is 34.2 Å². The molecule has 0 saturated heterocycles. The van der Waals surface area contributed by atoms with Crippen molar-refractivity contribution >= 4 is 28.9 Å². The molecular weight excluding hydrogens is 277 g/mol. The lowest BCUT2D eigenvalue weighted by molar-refractivity contribution is -0.108. The maximum absolute atomic E-state index is 10.6. The topological polar surface area (TPSA) is 40.9 Å². The number of halogens is 1. The molecule has 0 aliphatic rings. The molecule has 2 nitrogen and oxygen atoms in total. The van der Waals surface area contributed by atoms with Gasteiger partial charge in [0.25, 0.3) is 0 Å². The molecule has 0 aromatic heterocycles. The number of benzene rings is 1. The molecule has 0 heterocycles. The van der Waals surface area contributed by atoms with Gasteiger partial charge in [-0.15, -0.1) is 0 Å². The average molecular weight is 285 g/mol. The molecule has 1 aromatic rings. The Morgan fingerprint density at radius 2 is 2.31 bits per heavy atom. The summed E-state index contributed by atoms with van der Waals surface area (Å²) < 4.78 is 0.895. The predicted molar refractivity (Wildman–Crippen MR) is 58.4 cm³/mol. The van der Waals surface area contributed by atoms with Gasteiger partial charge in [0.2, 0.25) is 0 Å². The predicted octanol–water partition coefficient (Wildman–Crippen LogP) is 2.47. The third kappa shape index (κ3) is 2.07. The first-order valence-corrected chi connectivity index (χ1v) is 4.92. The van der Waals surface area contributed by atoms with E-state index in [9.17, 15) is 4.79 Å². The Labute approximate surface area is 90.7 Å². The maximum atomic E-state index is 10.6. The first kappa shape index (κ1) is 10.2. The van der Waals surface area contributed by atoms with E-state index >= 15 is 0 Å². The van der Waals surface area contributed by atoms with Crippen LogP contribution in [0.4, 0.5) is 0 Å². The van der Waals surface area contributed by atoms with Crippen LogP contribution in [0, 0.1) is 14.9 Å². The summed E-state index contributed by atoms with van der Waals surface area (Å²) in [6.45, 7) is 1.79. The molecule has 0 aliphatic heterocycles. The highest BCUT2D eigenvalue weighted by atomic mass is 127. The molecule has 0 radical (unpaired) electrons. The zero-order valence-electron chi connectivity index (χ0n) is 7.12. The van der Waals surface area contributed by atoms with Gasteiger partial charge in [0.1, 0.15) is 12.4 Å². The minimum atomic E-state index is -0.204. The highest BCUT2D eigenvalue weighted by Gasteiger charge is 2.11. The molecular formula is C10H8INO. The van der Waals surface area contributed by atoms with Gasteiger partial charge < -0.3 is 4.79 Å². The van der Waals surface area contributed by atoms with Gasteiger partial charge in [-0.3, -0.25) is 0 Å². The van der Waals surface area contributed by atoms with Crippen LogP contribution in [0.1, 0.15) is 24.0 Å². The van der Waals surface area contributed by atoms with Crippen LogP contribution in [0.5, 0.6) is 0 Å². The van der Waals surface area contributed by atoms with Crippen molar-refractivity contribution in [2.24, 2.45) is 0 Å². The van der Waals surface area contributed by atoms with E-state index in [4.69, 9.17) is 5.26 Å². The first-order chi connectivity index (χ1) is 6.20. The molecule has 1 rings (SSSR count). The molecule has 1 atom stereocenters. The van der Waals surface area contributed by atoms with Crippen LogP contribution in [0.25, 0.3) is 0 Å². The Balaban J connectivity index is 3.29. The summed E-state index contributed by atoms with van der Waals surface area (Å²) in [7, 11) is 0. The van der Waals surface area contributed by atoms with Gasteiger partial charge in [0, 0.05) is 9.49 Å². The third-order valence-corrected chi connectivity index (χ3v) is 2.75. The highest BCUT2D eigenvalue weighted by molar-refractivity contribution is 14.1. The number of aldehydes is 1. The van der Waals surface area contributed by atoms with E-state index in [2.05, 4.69) is 28.7 Å². The lowest BCUT2D eigenvalue weighted by atomic mass is 9.98. The van der Waals surface area contributed by atoms with Crippen LogP contribution in [0.2, 0.25) is 0 Å². The number of nitrogens with zero attached hydrogens (tertiary/aromatic N) is 1. The summed E-state index contributed by atoms with van der Waals surface area (Å²) in [6.07, 6.45) is 0.853. The minimum Gasteiger partial charge on any atom is -0.303 e. The lowest BCUT2D eigenvalue weighted by Gasteiger charge is -2.07. The third-order valence-electron chi connectivity index (χ3n) is 1.85. The van der Waals surface area contributed by atoms with Crippen molar-refractivity contribution in [3.63, 3.8) is 0 Å². The average Bonchev–Trinajstić information content (AvgIpc) is 2.16. The van der Waals surface area contributed by atoms with E-state index in [-0.39, 0.29) is 5.92 Å². The van der Waals surface area contributed by atoms with E-state index in [0.29, 0.717) is 5.56 Å². The second kappa shape index (κ2) is 4.38. The van der Waals surface area contributed by atoms with Crippen molar-refractivity contribution in [2.75, 3.05) is 0 Å². The van der Waals surface area contributed by atoms with Crippen LogP contribution < -0.4 is 0 Å². The van der Waals surface area contributed by atoms with Crippen LogP contribution in [-0.4, -0.2) is 6.29 Å². The zero-order valence-corrected chi connectivity index (χ0v) is 9.28. The van der Waals surface area contributed by atoms with Gasteiger partial charge in [-0.2, -0.15) is 5.26 Å². The molecule has 1 unspecified atom stereocenters. The molecule has 0 saturated carbocycles. The van der Waals surface area contributed by atoms with Crippen LogP contribution in [0.3, 0.4) is 0 Å². The number of carbonyl (C=O) groups is 1. The van der Waals surface area contributed by atoms with Crippen molar-refractivity contribution in [1.29, 1.82) is 5.26 Å². The van der Waals surface area contributed by atoms with Gasteiger partial charge in [0.05, 0.1) is 5.56 Å². The molecule has 0 aliphatic carbocycles. The van der Waals surface area contributed by atoms with Crippen molar-refractivity contribution < 1.29 is 4.79 Å². The summed E-state index contributed by atoms with van der Waals surface area (Å²) >= 11 is 2.10. The molecule has 0 N–H and O–H groups in total. The summed E-state index contributed by atoms with van der Waals surface area (Å²) in [4.78, 5) is 10.6. The summed E-state index contributed by atoms with van der Waals surface area (Å²) in [5.41, 5.74) is 1.42. The second-order valence-corrected chi connectivity index (χ2v) is 3.90. The fourth-order valence-electron chi connectivity index (χ4n) is 1.11. The molecule has 13 heavy (non-hydrogen) atoms. The number of hydrogen-bond donors (Lipinski definition) is 0. The van der Waals surface area contributed by atoms with E-state index in [1.165, 1.54) is 0 Å². The van der Waals surface area contributed by atoms with Crippen LogP contribution in [0.15, 0.2) is 18.2 Å². The van der Waals surface area contributed by atoms with Crippen LogP contribution in [-0.2, 0) is 4.79 Å². The van der Waals surface area contributed by atoms with Crippen molar-refractivity contribution in [2.45, 2.75) is 12.8 Å². The van der Waals surface area contributed by atoms with Crippen LogP contribution >= 0.6 is 22.6 Å². The van der Waals surface area contributed by atoms with Crippen molar-refractivity contribution in [3.8, 4) is 6.07 Å². The Morgan fingerprint density at radius 1 is 1.62 bits per heavy atom. The quantitative estimate of drug-likeness (QED) is 0.618. The molecule has 3 heteroatoms. The van der Waals surface area contributed by atoms with E-state index in [1.54, 1.807) is 6.92 Å². The Bertz CT molecular complexity index is 368. The summed E-state index contributed by atoms with van der Waals surface area (Å²) in [5.74, 6) is -0.204. The highest BCUT2D eigenvalue weighted by Crippen LogP contribution is 2.21. The summed E-state index contributed by atoms with van der Waals surface area (Å²) in [6, 6.07) is 7.65. The molecule has 0 bridgehead atoms. The number of rotatable bonds is 2. The largest absolute Gasteiger partial charge is 0.303 e. The molecule has 1 aromatic carbocycles. The lowest BCUT2D eigenvalue weighted by Crippen LogP contribution is -1.99. The number of carbonyl (C=O) groups excluding carboxylic acids is 1. The minimum absolute atomic E-state index is 0.204. The van der Waals surface area contributed by atoms with Gasteiger partial charge in [-0.25, -0.2) is 0 Å². The van der Waals surface area contributed by atoms with Gasteiger partial charge in [-0.1, -0.05) is 19.1 Å². The Morgan fingerprint density at radius 3 is 2.85 bits per heavy atom. The second-order valence-electron chi connectivity index (χ2n) is 2.74. The molecule has 0 amide bonds. The summed E-state index contributed by atoms with van der Waals surface area (Å²) in [5, 5.41) is 8.87.